The van der Waals surface area contributed by atoms with Gasteiger partial charge in [-0.3, -0.25) is 4.90 Å². The lowest BCUT2D eigenvalue weighted by molar-refractivity contribution is 0.0856. The van der Waals surface area contributed by atoms with E-state index in [2.05, 4.69) is 62.2 Å². The zero-order chi connectivity index (χ0) is 13.9. The van der Waals surface area contributed by atoms with E-state index in [0.29, 0.717) is 6.04 Å². The number of nitrogens with zero attached hydrogens (tertiary/aromatic N) is 1. The zero-order valence-corrected chi connectivity index (χ0v) is 12.9. The van der Waals surface area contributed by atoms with Gasteiger partial charge in [0.2, 0.25) is 0 Å². The molecule has 1 atom stereocenters. The zero-order valence-electron chi connectivity index (χ0n) is 12.9. The number of piperazine rings is 1. The summed E-state index contributed by atoms with van der Waals surface area (Å²) in [4.78, 5) is 2.66. The highest BCUT2D eigenvalue weighted by Gasteiger charge is 2.31. The average molecular weight is 260 g/mol. The Labute approximate surface area is 118 Å². The highest BCUT2D eigenvalue weighted by molar-refractivity contribution is 5.27. The molecule has 0 radical (unpaired) electrons. The summed E-state index contributed by atoms with van der Waals surface area (Å²) in [7, 11) is 0. The van der Waals surface area contributed by atoms with Gasteiger partial charge < -0.3 is 5.32 Å². The first-order valence-electron chi connectivity index (χ1n) is 7.61. The quantitative estimate of drug-likeness (QED) is 0.894. The Morgan fingerprint density at radius 2 is 1.89 bits per heavy atom. The first-order chi connectivity index (χ1) is 9.05. The predicted octanol–water partition coefficient (Wildman–Crippen LogP) is 3.21. The van der Waals surface area contributed by atoms with Gasteiger partial charge >= 0.3 is 0 Å². The molecule has 0 aromatic heterocycles. The number of hydrogen-bond acceptors (Lipinski definition) is 2. The van der Waals surface area contributed by atoms with E-state index in [9.17, 15) is 0 Å². The molecule has 1 aliphatic heterocycles. The summed E-state index contributed by atoms with van der Waals surface area (Å²) >= 11 is 0. The second-order valence-electron chi connectivity index (χ2n) is 6.35. The molecule has 1 unspecified atom stereocenters. The van der Waals surface area contributed by atoms with Crippen molar-refractivity contribution in [3.05, 3.63) is 35.4 Å². The molecule has 1 fully saturated rings. The Morgan fingerprint density at radius 3 is 2.53 bits per heavy atom. The van der Waals surface area contributed by atoms with Crippen LogP contribution < -0.4 is 5.32 Å². The van der Waals surface area contributed by atoms with Gasteiger partial charge in [-0.25, -0.2) is 0 Å². The van der Waals surface area contributed by atoms with Gasteiger partial charge in [-0.2, -0.15) is 0 Å². The second-order valence-corrected chi connectivity index (χ2v) is 6.35. The Kier molecular flexibility index (Phi) is 4.64. The lowest BCUT2D eigenvalue weighted by Gasteiger charge is -2.44. The van der Waals surface area contributed by atoms with Gasteiger partial charge in [-0.15, -0.1) is 0 Å². The van der Waals surface area contributed by atoms with E-state index in [-0.39, 0.29) is 5.54 Å². The van der Waals surface area contributed by atoms with Crippen LogP contribution in [0.2, 0.25) is 0 Å². The molecule has 1 aliphatic rings. The molecule has 19 heavy (non-hydrogen) atoms. The molecule has 1 aromatic rings. The molecule has 0 bridgehead atoms. The molecule has 2 heteroatoms. The molecule has 0 aliphatic carbocycles. The minimum Gasteiger partial charge on any atom is -0.309 e. The SMILES string of the molecule is CCc1ccccc1CN1CC(C)(C)NCC1CC. The van der Waals surface area contributed by atoms with Gasteiger partial charge in [0, 0.05) is 31.2 Å². The normalized spacial score (nSPS) is 23.5. The van der Waals surface area contributed by atoms with Crippen molar-refractivity contribution in [3.63, 3.8) is 0 Å². The number of nitrogens with one attached hydrogen (secondary N) is 1. The van der Waals surface area contributed by atoms with Crippen molar-refractivity contribution in [1.82, 2.24) is 10.2 Å². The largest absolute Gasteiger partial charge is 0.309 e. The van der Waals surface area contributed by atoms with Crippen molar-refractivity contribution >= 4 is 0 Å². The fraction of sp³-hybridized carbons (Fsp3) is 0.647. The molecule has 0 amide bonds. The maximum Gasteiger partial charge on any atom is 0.0253 e. The number of aryl methyl sites for hydroxylation is 1. The van der Waals surface area contributed by atoms with Crippen molar-refractivity contribution in [2.45, 2.75) is 58.7 Å². The summed E-state index contributed by atoms with van der Waals surface area (Å²) in [6, 6.07) is 9.55. The van der Waals surface area contributed by atoms with Crippen LogP contribution in [0, 0.1) is 0 Å². The van der Waals surface area contributed by atoms with Gasteiger partial charge in [0.1, 0.15) is 0 Å². The molecule has 2 rings (SSSR count). The smallest absolute Gasteiger partial charge is 0.0253 e. The molecule has 0 saturated carbocycles. The summed E-state index contributed by atoms with van der Waals surface area (Å²) in [5, 5.41) is 3.66. The van der Waals surface area contributed by atoms with Crippen LogP contribution in [0.1, 0.15) is 45.2 Å². The Hall–Kier alpha value is -0.860. The molecule has 1 saturated heterocycles. The minimum atomic E-state index is 0.229. The van der Waals surface area contributed by atoms with Crippen LogP contribution in [0.3, 0.4) is 0 Å². The Bertz CT molecular complexity index is 411. The van der Waals surface area contributed by atoms with Crippen LogP contribution in [-0.2, 0) is 13.0 Å². The van der Waals surface area contributed by atoms with Crippen molar-refractivity contribution in [2.75, 3.05) is 13.1 Å². The van der Waals surface area contributed by atoms with Crippen molar-refractivity contribution < 1.29 is 0 Å². The van der Waals surface area contributed by atoms with Crippen molar-refractivity contribution in [2.24, 2.45) is 0 Å². The lowest BCUT2D eigenvalue weighted by Crippen LogP contribution is -2.61. The van der Waals surface area contributed by atoms with E-state index in [1.807, 2.05) is 0 Å². The van der Waals surface area contributed by atoms with Gasteiger partial charge in [0.05, 0.1) is 0 Å². The van der Waals surface area contributed by atoms with Crippen LogP contribution >= 0.6 is 0 Å². The lowest BCUT2D eigenvalue weighted by atomic mass is 9.96. The predicted molar refractivity (Wildman–Crippen MR) is 82.4 cm³/mol. The third-order valence-corrected chi connectivity index (χ3v) is 4.27. The molecule has 2 nitrogen and oxygen atoms in total. The molecule has 1 aromatic carbocycles. The summed E-state index contributed by atoms with van der Waals surface area (Å²) in [6.45, 7) is 12.5. The Morgan fingerprint density at radius 1 is 1.21 bits per heavy atom. The molecular formula is C17H28N2. The van der Waals surface area contributed by atoms with E-state index >= 15 is 0 Å². The van der Waals surface area contributed by atoms with Crippen LogP contribution in [0.25, 0.3) is 0 Å². The highest BCUT2D eigenvalue weighted by atomic mass is 15.2. The number of rotatable bonds is 4. The third kappa shape index (κ3) is 3.58. The van der Waals surface area contributed by atoms with E-state index in [1.54, 1.807) is 0 Å². The van der Waals surface area contributed by atoms with Gasteiger partial charge in [0.25, 0.3) is 0 Å². The van der Waals surface area contributed by atoms with Crippen LogP contribution in [0.4, 0.5) is 0 Å². The average Bonchev–Trinajstić information content (AvgIpc) is 2.39. The maximum atomic E-state index is 3.66. The summed E-state index contributed by atoms with van der Waals surface area (Å²) in [5.41, 5.74) is 3.22. The fourth-order valence-corrected chi connectivity index (χ4v) is 3.08. The van der Waals surface area contributed by atoms with Gasteiger partial charge in [0.15, 0.2) is 0 Å². The fourth-order valence-electron chi connectivity index (χ4n) is 3.08. The van der Waals surface area contributed by atoms with Gasteiger partial charge in [-0.1, -0.05) is 38.1 Å². The maximum absolute atomic E-state index is 3.66. The molecule has 1 N–H and O–H groups in total. The molecule has 0 spiro atoms. The van der Waals surface area contributed by atoms with Crippen molar-refractivity contribution in [1.29, 1.82) is 0 Å². The van der Waals surface area contributed by atoms with E-state index in [0.717, 1.165) is 26.1 Å². The number of benzene rings is 1. The monoisotopic (exact) mass is 260 g/mol. The summed E-state index contributed by atoms with van der Waals surface area (Å²) < 4.78 is 0. The van der Waals surface area contributed by atoms with Crippen LogP contribution in [0.5, 0.6) is 0 Å². The second kappa shape index (κ2) is 6.06. The van der Waals surface area contributed by atoms with Crippen LogP contribution in [-0.4, -0.2) is 29.6 Å². The molecule has 106 valence electrons. The molecular weight excluding hydrogens is 232 g/mol. The van der Waals surface area contributed by atoms with Crippen molar-refractivity contribution in [3.8, 4) is 0 Å². The topological polar surface area (TPSA) is 15.3 Å². The van der Waals surface area contributed by atoms with Gasteiger partial charge in [-0.05, 0) is 37.8 Å². The Balaban J connectivity index is 2.14. The summed E-state index contributed by atoms with van der Waals surface area (Å²) in [5.74, 6) is 0. The minimum absolute atomic E-state index is 0.229. The third-order valence-electron chi connectivity index (χ3n) is 4.27. The standard InChI is InChI=1S/C17H28N2/c1-5-14-9-7-8-10-15(14)12-19-13-17(3,4)18-11-16(19)6-2/h7-10,16,18H,5-6,11-13H2,1-4H3. The van der Waals surface area contributed by atoms with E-state index in [4.69, 9.17) is 0 Å². The van der Waals surface area contributed by atoms with Crippen LogP contribution in [0.15, 0.2) is 24.3 Å². The highest BCUT2D eigenvalue weighted by Crippen LogP contribution is 2.21. The first kappa shape index (κ1) is 14.5. The molecule has 1 heterocycles. The van der Waals surface area contributed by atoms with E-state index < -0.39 is 0 Å². The van der Waals surface area contributed by atoms with E-state index in [1.165, 1.54) is 17.5 Å². The first-order valence-corrected chi connectivity index (χ1v) is 7.61. The number of hydrogen-bond donors (Lipinski definition) is 1. The summed E-state index contributed by atoms with van der Waals surface area (Å²) in [6.07, 6.45) is 2.35.